The van der Waals surface area contributed by atoms with Crippen LogP contribution in [0.2, 0.25) is 5.02 Å². The van der Waals surface area contributed by atoms with Crippen LogP contribution in [0.1, 0.15) is 44.4 Å². The maximum atomic E-state index is 13.7. The highest BCUT2D eigenvalue weighted by Gasteiger charge is 2.42. The van der Waals surface area contributed by atoms with E-state index in [1.165, 1.54) is 11.8 Å². The van der Waals surface area contributed by atoms with Gasteiger partial charge in [-0.25, -0.2) is 4.99 Å². The highest BCUT2D eigenvalue weighted by molar-refractivity contribution is 8.16. The van der Waals surface area contributed by atoms with Crippen LogP contribution in [0.3, 0.4) is 0 Å². The van der Waals surface area contributed by atoms with Gasteiger partial charge >= 0.3 is 0 Å². The lowest BCUT2D eigenvalue weighted by Gasteiger charge is -2.38. The topological polar surface area (TPSA) is 77.9 Å². The Morgan fingerprint density at radius 1 is 1.14 bits per heavy atom. The Hall–Kier alpha value is -3.10. The lowest BCUT2D eigenvalue weighted by molar-refractivity contribution is -0.127. The molecule has 1 N–H and O–H groups in total. The number of carbonyl (C=O) groups excluding carboxylic acids is 2. The number of carbonyl (C=O) groups is 2. The van der Waals surface area contributed by atoms with Crippen molar-refractivity contribution in [2.75, 3.05) is 13.1 Å². The van der Waals surface area contributed by atoms with Crippen molar-refractivity contribution in [2.24, 2.45) is 4.99 Å². The highest BCUT2D eigenvalue weighted by atomic mass is 35.5. The number of hydrogen-bond donors (Lipinski definition) is 1. The number of likely N-dealkylation sites (N-methyl/N-ethyl adjacent to an activating group) is 1. The molecular formula is C26H28ClN5O2S. The molecule has 2 aliphatic rings. The second kappa shape index (κ2) is 11.1. The predicted octanol–water partition coefficient (Wildman–Crippen LogP) is 4.88. The van der Waals surface area contributed by atoms with Crippen LogP contribution >= 0.6 is 23.4 Å². The van der Waals surface area contributed by atoms with E-state index in [0.717, 1.165) is 22.0 Å². The highest BCUT2D eigenvalue weighted by Crippen LogP contribution is 2.46. The Balaban J connectivity index is 1.65. The van der Waals surface area contributed by atoms with Crippen LogP contribution in [-0.2, 0) is 16.1 Å². The first-order chi connectivity index (χ1) is 16.9. The van der Waals surface area contributed by atoms with Gasteiger partial charge in [0.05, 0.1) is 23.7 Å². The smallest absolute Gasteiger partial charge is 0.254 e. The first-order valence-electron chi connectivity index (χ1n) is 11.6. The SMILES string of the molecule is CCN(CC)C(=O)C1=C(C)N=C2SC=C(CC(=O)NCc3ccncc3)N2C1c1ccccc1Cl. The maximum Gasteiger partial charge on any atom is 0.254 e. The van der Waals surface area contributed by atoms with Crippen molar-refractivity contribution < 1.29 is 9.59 Å². The third-order valence-electron chi connectivity index (χ3n) is 6.06. The molecule has 0 radical (unpaired) electrons. The lowest BCUT2D eigenvalue weighted by atomic mass is 9.92. The number of aliphatic imine (C=N–C) groups is 1. The van der Waals surface area contributed by atoms with Crippen LogP contribution in [0.15, 0.2) is 76.2 Å². The number of amidine groups is 1. The molecule has 1 aromatic heterocycles. The predicted molar refractivity (Wildman–Crippen MR) is 140 cm³/mol. The quantitative estimate of drug-likeness (QED) is 0.548. The number of aromatic nitrogens is 1. The molecule has 0 bridgehead atoms. The molecule has 2 aromatic rings. The minimum atomic E-state index is -0.474. The van der Waals surface area contributed by atoms with Crippen molar-refractivity contribution in [2.45, 2.75) is 39.8 Å². The van der Waals surface area contributed by atoms with Gasteiger partial charge < -0.3 is 15.1 Å². The number of thioether (sulfide) groups is 1. The van der Waals surface area contributed by atoms with E-state index >= 15 is 0 Å². The number of halogens is 1. The maximum absolute atomic E-state index is 13.7. The molecule has 2 aliphatic heterocycles. The van der Waals surface area contributed by atoms with E-state index in [1.807, 2.05) is 67.5 Å². The summed E-state index contributed by atoms with van der Waals surface area (Å²) in [6, 6.07) is 10.8. The van der Waals surface area contributed by atoms with E-state index in [0.29, 0.717) is 35.9 Å². The number of hydrogen-bond acceptors (Lipinski definition) is 6. The molecule has 7 nitrogen and oxygen atoms in total. The summed E-state index contributed by atoms with van der Waals surface area (Å²) in [5, 5.41) is 6.21. The molecule has 2 amide bonds. The fourth-order valence-electron chi connectivity index (χ4n) is 4.24. The summed E-state index contributed by atoms with van der Waals surface area (Å²) in [6.45, 7) is 7.39. The molecule has 1 aromatic carbocycles. The van der Waals surface area contributed by atoms with E-state index in [2.05, 4.69) is 10.3 Å². The van der Waals surface area contributed by atoms with Crippen LogP contribution in [0, 0.1) is 0 Å². The third kappa shape index (κ3) is 5.28. The van der Waals surface area contributed by atoms with E-state index < -0.39 is 6.04 Å². The van der Waals surface area contributed by atoms with Crippen molar-refractivity contribution in [3.8, 4) is 0 Å². The number of benzene rings is 1. The van der Waals surface area contributed by atoms with E-state index in [4.69, 9.17) is 16.6 Å². The van der Waals surface area contributed by atoms with Crippen LogP contribution in [0.25, 0.3) is 0 Å². The van der Waals surface area contributed by atoms with Crippen LogP contribution in [-0.4, -0.2) is 44.9 Å². The molecule has 3 heterocycles. The zero-order valence-corrected chi connectivity index (χ0v) is 21.6. The molecule has 1 unspecified atom stereocenters. The minimum absolute atomic E-state index is 0.0707. The first kappa shape index (κ1) is 25.0. The van der Waals surface area contributed by atoms with Gasteiger partial charge in [0.2, 0.25) is 5.91 Å². The Labute approximate surface area is 215 Å². The number of nitrogens with one attached hydrogen (secondary N) is 1. The van der Waals surface area contributed by atoms with Crippen molar-refractivity contribution >= 4 is 40.3 Å². The lowest BCUT2D eigenvalue weighted by Crippen LogP contribution is -2.42. The molecular weight excluding hydrogens is 482 g/mol. The van der Waals surface area contributed by atoms with Gasteiger partial charge in [0.15, 0.2) is 5.17 Å². The van der Waals surface area contributed by atoms with E-state index in [9.17, 15) is 9.59 Å². The number of amides is 2. The monoisotopic (exact) mass is 509 g/mol. The van der Waals surface area contributed by atoms with Crippen LogP contribution in [0.4, 0.5) is 0 Å². The molecule has 0 saturated heterocycles. The van der Waals surface area contributed by atoms with E-state index in [-0.39, 0.29) is 18.2 Å². The third-order valence-corrected chi connectivity index (χ3v) is 7.30. The fraction of sp³-hybridized carbons (Fsp3) is 0.308. The number of pyridine rings is 1. The summed E-state index contributed by atoms with van der Waals surface area (Å²) in [6.07, 6.45) is 3.56. The van der Waals surface area contributed by atoms with Gasteiger partial charge in [-0.2, -0.15) is 0 Å². The summed E-state index contributed by atoms with van der Waals surface area (Å²) in [7, 11) is 0. The molecule has 0 saturated carbocycles. The Morgan fingerprint density at radius 2 is 1.86 bits per heavy atom. The molecule has 4 rings (SSSR count). The van der Waals surface area contributed by atoms with Gasteiger partial charge in [-0.15, -0.1) is 0 Å². The minimum Gasteiger partial charge on any atom is -0.352 e. The van der Waals surface area contributed by atoms with Gasteiger partial charge in [-0.3, -0.25) is 14.6 Å². The Morgan fingerprint density at radius 3 is 2.54 bits per heavy atom. The number of nitrogens with zero attached hydrogens (tertiary/aromatic N) is 4. The van der Waals surface area contributed by atoms with E-state index in [1.54, 1.807) is 17.3 Å². The normalized spacial score (nSPS) is 17.0. The molecule has 1 atom stereocenters. The van der Waals surface area contributed by atoms with Crippen LogP contribution in [0.5, 0.6) is 0 Å². The van der Waals surface area contributed by atoms with Crippen molar-refractivity contribution in [1.82, 2.24) is 20.1 Å². The molecule has 35 heavy (non-hydrogen) atoms. The summed E-state index contributed by atoms with van der Waals surface area (Å²) < 4.78 is 0. The van der Waals surface area contributed by atoms with Crippen molar-refractivity contribution in [3.05, 3.63) is 87.3 Å². The second-order valence-corrected chi connectivity index (χ2v) is 9.44. The summed E-state index contributed by atoms with van der Waals surface area (Å²) >= 11 is 8.12. The van der Waals surface area contributed by atoms with Gasteiger partial charge in [0.1, 0.15) is 0 Å². The number of allylic oxidation sites excluding steroid dienone is 1. The summed E-state index contributed by atoms with van der Waals surface area (Å²) in [5.41, 5.74) is 3.81. The standard InChI is InChI=1S/C26H28ClN5O2S/c1-4-31(5-2)25(34)23-17(3)30-26-32(24(23)20-8-6-7-9-21(20)27)19(16-35-26)14-22(33)29-15-18-10-12-28-13-11-18/h6-13,16,24H,4-5,14-15H2,1-3H3,(H,29,33). The molecule has 182 valence electrons. The summed E-state index contributed by atoms with van der Waals surface area (Å²) in [5.74, 6) is -0.186. The Kier molecular flexibility index (Phi) is 7.93. The molecule has 0 aliphatic carbocycles. The average molecular weight is 510 g/mol. The van der Waals surface area contributed by atoms with Crippen molar-refractivity contribution in [1.29, 1.82) is 0 Å². The van der Waals surface area contributed by atoms with Gasteiger partial charge in [-0.1, -0.05) is 41.6 Å². The zero-order valence-electron chi connectivity index (χ0n) is 20.0. The van der Waals surface area contributed by atoms with Crippen molar-refractivity contribution in [3.63, 3.8) is 0 Å². The molecule has 0 fully saturated rings. The average Bonchev–Trinajstić information content (AvgIpc) is 3.25. The number of fused-ring (bicyclic) bond motifs is 1. The first-order valence-corrected chi connectivity index (χ1v) is 12.8. The van der Waals surface area contributed by atoms with Crippen LogP contribution < -0.4 is 5.32 Å². The van der Waals surface area contributed by atoms with Gasteiger partial charge in [-0.05, 0) is 55.5 Å². The molecule has 9 heteroatoms. The second-order valence-electron chi connectivity index (χ2n) is 8.20. The summed E-state index contributed by atoms with van der Waals surface area (Å²) in [4.78, 5) is 39.1. The largest absolute Gasteiger partial charge is 0.352 e. The Bertz CT molecular complexity index is 1210. The van der Waals surface area contributed by atoms with Gasteiger partial charge in [0.25, 0.3) is 5.91 Å². The van der Waals surface area contributed by atoms with Gasteiger partial charge in [0, 0.05) is 42.7 Å². The molecule has 0 spiro atoms. The fourth-order valence-corrected chi connectivity index (χ4v) is 5.45. The number of rotatable bonds is 8. The zero-order chi connectivity index (χ0) is 24.9.